The largest absolute Gasteiger partial charge is 0.472 e. The molecule has 0 saturated heterocycles. The minimum Gasteiger partial charge on any atom is -0.462 e. The SMILES string of the molecule is CCCCCCCCCCCCCCCCC(=O)OC[C@H](COP(=O)(O)OC[C@@H](O)COP(=O)(O)OC[C@@H](COC(=O)CCCCCCCCC(C)C)OC(=O)CCCCCCCCC(C)C)OC(=O)CCCCCCCCCCCCCCCCCCCCC(C)C. The monoisotopic (exact) mass is 1370 g/mol. The molecule has 2 unspecified atom stereocenters. The fourth-order valence-electron chi connectivity index (χ4n) is 11.2. The first kappa shape index (κ1) is 91.1. The molecule has 0 spiro atoms. The third-order valence-corrected chi connectivity index (χ3v) is 19.0. The summed E-state index contributed by atoms with van der Waals surface area (Å²) in [7, 11) is -9.90. The number of unbranched alkanes of at least 4 members (excludes halogenated alkanes) is 40. The molecule has 0 aromatic rings. The summed E-state index contributed by atoms with van der Waals surface area (Å²) in [5, 5.41) is 10.6. The van der Waals surface area contributed by atoms with Crippen LogP contribution in [0.15, 0.2) is 0 Å². The summed E-state index contributed by atoms with van der Waals surface area (Å²) < 4.78 is 68.3. The molecule has 5 atom stereocenters. The normalized spacial score (nSPS) is 14.1. The lowest BCUT2D eigenvalue weighted by molar-refractivity contribution is -0.161. The fraction of sp³-hybridized carbons (Fsp3) is 0.946. The van der Waals surface area contributed by atoms with Crippen LogP contribution in [-0.4, -0.2) is 96.7 Å². The second kappa shape index (κ2) is 64.7. The second-order valence-electron chi connectivity index (χ2n) is 28.1. The van der Waals surface area contributed by atoms with Crippen molar-refractivity contribution in [2.75, 3.05) is 39.6 Å². The molecule has 552 valence electrons. The number of hydrogen-bond donors (Lipinski definition) is 3. The van der Waals surface area contributed by atoms with Gasteiger partial charge in [0.15, 0.2) is 12.2 Å². The summed E-state index contributed by atoms with van der Waals surface area (Å²) >= 11 is 0. The van der Waals surface area contributed by atoms with E-state index in [2.05, 4.69) is 48.5 Å². The molecule has 0 aromatic heterocycles. The molecular formula is C74H144O17P2. The van der Waals surface area contributed by atoms with Gasteiger partial charge in [-0.2, -0.15) is 0 Å². The van der Waals surface area contributed by atoms with Gasteiger partial charge in [0.05, 0.1) is 26.4 Å². The molecule has 0 radical (unpaired) electrons. The van der Waals surface area contributed by atoms with Crippen LogP contribution in [0, 0.1) is 17.8 Å². The van der Waals surface area contributed by atoms with E-state index in [0.717, 1.165) is 102 Å². The van der Waals surface area contributed by atoms with Gasteiger partial charge in [-0.25, -0.2) is 9.13 Å². The smallest absolute Gasteiger partial charge is 0.462 e. The molecule has 0 rings (SSSR count). The summed E-state index contributed by atoms with van der Waals surface area (Å²) in [6.07, 6.45) is 50.4. The molecule has 19 heteroatoms. The molecule has 0 aliphatic carbocycles. The molecule has 0 bridgehead atoms. The van der Waals surface area contributed by atoms with Crippen LogP contribution in [0.4, 0.5) is 0 Å². The first-order valence-electron chi connectivity index (χ1n) is 38.3. The number of aliphatic hydroxyl groups is 1. The van der Waals surface area contributed by atoms with Crippen molar-refractivity contribution in [2.24, 2.45) is 17.8 Å². The van der Waals surface area contributed by atoms with Crippen molar-refractivity contribution in [3.8, 4) is 0 Å². The maximum Gasteiger partial charge on any atom is 0.472 e. The van der Waals surface area contributed by atoms with Crippen LogP contribution in [0.2, 0.25) is 0 Å². The zero-order valence-corrected chi connectivity index (χ0v) is 62.5. The highest BCUT2D eigenvalue weighted by molar-refractivity contribution is 7.47. The predicted molar refractivity (Wildman–Crippen MR) is 377 cm³/mol. The predicted octanol–water partition coefficient (Wildman–Crippen LogP) is 21.4. The van der Waals surface area contributed by atoms with Crippen LogP contribution in [0.25, 0.3) is 0 Å². The quantitative estimate of drug-likeness (QED) is 0.0222. The number of ether oxygens (including phenoxy) is 4. The van der Waals surface area contributed by atoms with Crippen LogP contribution < -0.4 is 0 Å². The molecule has 0 heterocycles. The average molecular weight is 1370 g/mol. The van der Waals surface area contributed by atoms with Gasteiger partial charge in [-0.3, -0.25) is 37.3 Å². The van der Waals surface area contributed by atoms with Gasteiger partial charge in [-0.15, -0.1) is 0 Å². The average Bonchev–Trinajstić information content (AvgIpc) is 1.65. The van der Waals surface area contributed by atoms with Crippen molar-refractivity contribution in [2.45, 2.75) is 394 Å². The van der Waals surface area contributed by atoms with E-state index in [-0.39, 0.29) is 25.7 Å². The Hall–Kier alpha value is -1.94. The molecule has 0 aromatic carbocycles. The van der Waals surface area contributed by atoms with Crippen molar-refractivity contribution < 1.29 is 80.2 Å². The van der Waals surface area contributed by atoms with Gasteiger partial charge < -0.3 is 33.8 Å². The summed E-state index contributed by atoms with van der Waals surface area (Å²) in [6, 6.07) is 0. The molecule has 0 aliphatic rings. The van der Waals surface area contributed by atoms with Crippen LogP contribution in [-0.2, 0) is 65.4 Å². The number of aliphatic hydroxyl groups excluding tert-OH is 1. The summed E-state index contributed by atoms with van der Waals surface area (Å²) in [5.74, 6) is 0.0418. The van der Waals surface area contributed by atoms with E-state index >= 15 is 0 Å². The number of carbonyl (C=O) groups excluding carboxylic acids is 4. The number of esters is 4. The van der Waals surface area contributed by atoms with E-state index in [4.69, 9.17) is 37.0 Å². The van der Waals surface area contributed by atoms with Crippen LogP contribution in [0.5, 0.6) is 0 Å². The van der Waals surface area contributed by atoms with Crippen LogP contribution in [0.3, 0.4) is 0 Å². The highest BCUT2D eigenvalue weighted by Crippen LogP contribution is 2.45. The highest BCUT2D eigenvalue weighted by Gasteiger charge is 2.30. The van der Waals surface area contributed by atoms with E-state index in [1.165, 1.54) is 180 Å². The maximum atomic E-state index is 13.1. The summed E-state index contributed by atoms with van der Waals surface area (Å²) in [4.78, 5) is 72.6. The molecule has 0 saturated carbocycles. The molecular weight excluding hydrogens is 1220 g/mol. The van der Waals surface area contributed by atoms with Gasteiger partial charge in [-0.05, 0) is 43.4 Å². The van der Waals surface area contributed by atoms with E-state index in [1.54, 1.807) is 0 Å². The third kappa shape index (κ3) is 68.4. The highest BCUT2D eigenvalue weighted by atomic mass is 31.2. The Bertz CT molecular complexity index is 1820. The van der Waals surface area contributed by atoms with Crippen molar-refractivity contribution in [3.05, 3.63) is 0 Å². The first-order chi connectivity index (χ1) is 44.7. The van der Waals surface area contributed by atoms with Crippen LogP contribution >= 0.6 is 15.6 Å². The molecule has 0 fully saturated rings. The molecule has 0 aliphatic heterocycles. The second-order valence-corrected chi connectivity index (χ2v) is 31.0. The van der Waals surface area contributed by atoms with Gasteiger partial charge in [0.25, 0.3) is 0 Å². The zero-order chi connectivity index (χ0) is 68.7. The Morgan fingerprint density at radius 2 is 0.495 bits per heavy atom. The lowest BCUT2D eigenvalue weighted by Crippen LogP contribution is -2.30. The van der Waals surface area contributed by atoms with Gasteiger partial charge in [0.1, 0.15) is 19.3 Å². The first-order valence-corrected chi connectivity index (χ1v) is 41.3. The van der Waals surface area contributed by atoms with Crippen LogP contribution in [0.1, 0.15) is 376 Å². The minimum absolute atomic E-state index is 0.101. The standard InChI is InChI=1S/C74H144O17P2/c1-8-9-10-11-12-13-14-15-23-26-29-32-41-48-55-71(76)84-61-69(90-73(78)57-50-43-33-30-27-24-21-19-17-16-18-20-22-25-28-31-38-45-52-65(2)3)63-88-92(80,81)86-59-68(75)60-87-93(82,83)89-64-70(91-74(79)58-51-44-37-35-40-47-54-67(6)7)62-85-72(77)56-49-42-36-34-39-46-53-66(4)5/h65-70,75H,8-64H2,1-7H3,(H,80,81)(H,82,83)/t68-,69-,70-/m1/s1. The number of hydrogen-bond acceptors (Lipinski definition) is 15. The number of rotatable bonds is 72. The summed E-state index contributed by atoms with van der Waals surface area (Å²) in [6.45, 7) is 11.7. The van der Waals surface area contributed by atoms with E-state index < -0.39 is 97.5 Å². The van der Waals surface area contributed by atoms with Gasteiger partial charge in [-0.1, -0.05) is 325 Å². The molecule has 17 nitrogen and oxygen atoms in total. The Morgan fingerprint density at radius 1 is 0.290 bits per heavy atom. The van der Waals surface area contributed by atoms with E-state index in [9.17, 15) is 43.2 Å². The van der Waals surface area contributed by atoms with Gasteiger partial charge in [0.2, 0.25) is 0 Å². The van der Waals surface area contributed by atoms with Crippen molar-refractivity contribution >= 4 is 39.5 Å². The maximum absolute atomic E-state index is 13.1. The van der Waals surface area contributed by atoms with Crippen molar-refractivity contribution in [1.29, 1.82) is 0 Å². The van der Waals surface area contributed by atoms with Gasteiger partial charge in [0, 0.05) is 25.7 Å². The topological polar surface area (TPSA) is 237 Å². The minimum atomic E-state index is -4.96. The zero-order valence-electron chi connectivity index (χ0n) is 60.7. The number of phosphoric ester groups is 2. The number of carbonyl (C=O) groups is 4. The lowest BCUT2D eigenvalue weighted by Gasteiger charge is -2.21. The molecule has 0 amide bonds. The number of phosphoric acid groups is 2. The Balaban J connectivity index is 5.17. The third-order valence-electron chi connectivity index (χ3n) is 17.1. The van der Waals surface area contributed by atoms with E-state index in [1.807, 2.05) is 0 Å². The fourth-order valence-corrected chi connectivity index (χ4v) is 12.8. The molecule has 3 N–H and O–H groups in total. The van der Waals surface area contributed by atoms with E-state index in [0.29, 0.717) is 37.5 Å². The Labute approximate surface area is 568 Å². The van der Waals surface area contributed by atoms with Crippen molar-refractivity contribution in [3.63, 3.8) is 0 Å². The lowest BCUT2D eigenvalue weighted by atomic mass is 10.0. The Kier molecular flexibility index (Phi) is 63.4. The summed E-state index contributed by atoms with van der Waals surface area (Å²) in [5.41, 5.74) is 0. The van der Waals surface area contributed by atoms with Gasteiger partial charge >= 0.3 is 39.5 Å². The molecule has 93 heavy (non-hydrogen) atoms. The Morgan fingerprint density at radius 3 is 0.731 bits per heavy atom. The van der Waals surface area contributed by atoms with Crippen molar-refractivity contribution in [1.82, 2.24) is 0 Å².